The lowest BCUT2D eigenvalue weighted by Crippen LogP contribution is -2.47. The standard InChI is InChI=1S/C26H32N2O4S/c1-26(2,23-13-9-11-20-10-5-6-12-22(20)23)19-27-33(30,31)21-14-15-25(32-3)24(18-21)28(29)16-7-4-8-17-28/h5-6,9-15,18,27H,4,7-8,16-17,19H2,1-3H3. The predicted molar refractivity (Wildman–Crippen MR) is 134 cm³/mol. The molecule has 7 heteroatoms. The summed E-state index contributed by atoms with van der Waals surface area (Å²) in [5.41, 5.74) is 1.02. The Hall–Kier alpha value is -2.45. The third-order valence-electron chi connectivity index (χ3n) is 6.66. The van der Waals surface area contributed by atoms with Gasteiger partial charge in [0.2, 0.25) is 10.0 Å². The van der Waals surface area contributed by atoms with E-state index in [1.165, 1.54) is 19.2 Å². The van der Waals surface area contributed by atoms with Crippen molar-refractivity contribution in [2.45, 2.75) is 43.4 Å². The molecular formula is C26H32N2O4S. The molecule has 0 spiro atoms. The number of rotatable bonds is 7. The molecule has 176 valence electrons. The monoisotopic (exact) mass is 468 g/mol. The summed E-state index contributed by atoms with van der Waals surface area (Å²) >= 11 is 0. The summed E-state index contributed by atoms with van der Waals surface area (Å²) in [6, 6.07) is 18.8. The van der Waals surface area contributed by atoms with Crippen molar-refractivity contribution in [2.75, 3.05) is 26.7 Å². The molecule has 0 bridgehead atoms. The van der Waals surface area contributed by atoms with Crippen LogP contribution >= 0.6 is 0 Å². The summed E-state index contributed by atoms with van der Waals surface area (Å²) in [5.74, 6) is 0.432. The zero-order valence-electron chi connectivity index (χ0n) is 19.5. The van der Waals surface area contributed by atoms with Gasteiger partial charge in [-0.2, -0.15) is 0 Å². The fourth-order valence-corrected chi connectivity index (χ4v) is 5.92. The van der Waals surface area contributed by atoms with E-state index in [1.54, 1.807) is 6.07 Å². The lowest BCUT2D eigenvalue weighted by Gasteiger charge is -2.45. The SMILES string of the molecule is COc1ccc(S(=O)(=O)NCC(C)(C)c2cccc3ccccc23)cc1[N+]1([O-])CCCCC1. The number of hydrogen-bond acceptors (Lipinski definition) is 4. The molecule has 1 fully saturated rings. The molecule has 0 amide bonds. The molecule has 1 saturated heterocycles. The van der Waals surface area contributed by atoms with Crippen molar-refractivity contribution in [2.24, 2.45) is 0 Å². The molecule has 1 aliphatic heterocycles. The fourth-order valence-electron chi connectivity index (χ4n) is 4.69. The second-order valence-corrected chi connectivity index (χ2v) is 11.2. The lowest BCUT2D eigenvalue weighted by molar-refractivity contribution is 0.294. The van der Waals surface area contributed by atoms with Gasteiger partial charge in [0.15, 0.2) is 11.4 Å². The lowest BCUT2D eigenvalue weighted by atomic mass is 9.82. The van der Waals surface area contributed by atoms with Crippen LogP contribution in [0, 0.1) is 5.21 Å². The maximum absolute atomic E-state index is 13.5. The van der Waals surface area contributed by atoms with Gasteiger partial charge >= 0.3 is 0 Å². The van der Waals surface area contributed by atoms with Gasteiger partial charge < -0.3 is 14.6 Å². The van der Waals surface area contributed by atoms with E-state index in [0.29, 0.717) is 24.5 Å². The van der Waals surface area contributed by atoms with Crippen LogP contribution in [0.3, 0.4) is 0 Å². The molecule has 1 aliphatic rings. The van der Waals surface area contributed by atoms with E-state index in [2.05, 4.69) is 22.9 Å². The van der Waals surface area contributed by atoms with Crippen molar-refractivity contribution in [1.29, 1.82) is 0 Å². The van der Waals surface area contributed by atoms with Crippen molar-refractivity contribution in [1.82, 2.24) is 9.37 Å². The third-order valence-corrected chi connectivity index (χ3v) is 8.06. The number of sulfonamides is 1. The molecule has 1 heterocycles. The highest BCUT2D eigenvalue weighted by molar-refractivity contribution is 7.89. The van der Waals surface area contributed by atoms with Crippen molar-refractivity contribution >= 4 is 26.5 Å². The first-order chi connectivity index (χ1) is 15.7. The van der Waals surface area contributed by atoms with Crippen LogP contribution in [0.25, 0.3) is 10.8 Å². The number of fused-ring (bicyclic) bond motifs is 1. The normalized spacial score (nSPS) is 16.6. The van der Waals surface area contributed by atoms with Crippen molar-refractivity contribution in [3.8, 4) is 5.75 Å². The first-order valence-corrected chi connectivity index (χ1v) is 12.9. The Bertz CT molecular complexity index is 1240. The molecule has 0 unspecified atom stereocenters. The summed E-state index contributed by atoms with van der Waals surface area (Å²) in [5, 5.41) is 15.7. The molecule has 0 atom stereocenters. The summed E-state index contributed by atoms with van der Waals surface area (Å²) in [4.78, 5) is 0.0888. The van der Waals surface area contributed by atoms with E-state index in [1.807, 2.05) is 38.1 Å². The van der Waals surface area contributed by atoms with Gasteiger partial charge in [-0.3, -0.25) is 0 Å². The van der Waals surface area contributed by atoms with Crippen LogP contribution in [0.4, 0.5) is 5.69 Å². The number of piperidine rings is 1. The zero-order valence-corrected chi connectivity index (χ0v) is 20.3. The second kappa shape index (κ2) is 9.06. The Kier molecular flexibility index (Phi) is 6.51. The summed E-state index contributed by atoms with van der Waals surface area (Å²) in [6.07, 6.45) is 2.66. The van der Waals surface area contributed by atoms with E-state index in [-0.39, 0.29) is 11.4 Å². The molecule has 6 nitrogen and oxygen atoms in total. The molecule has 0 aromatic heterocycles. The Balaban J connectivity index is 1.62. The topological polar surface area (TPSA) is 78.5 Å². The van der Waals surface area contributed by atoms with E-state index >= 15 is 0 Å². The van der Waals surface area contributed by atoms with Crippen LogP contribution in [-0.2, 0) is 15.4 Å². The molecule has 0 radical (unpaired) electrons. The Morgan fingerprint density at radius 1 is 1.00 bits per heavy atom. The molecule has 1 N–H and O–H groups in total. The third kappa shape index (κ3) is 4.77. The summed E-state index contributed by atoms with van der Waals surface area (Å²) in [6.45, 7) is 5.15. The molecule has 33 heavy (non-hydrogen) atoms. The van der Waals surface area contributed by atoms with E-state index in [0.717, 1.165) is 35.6 Å². The average molecular weight is 469 g/mol. The van der Waals surface area contributed by atoms with E-state index in [9.17, 15) is 13.6 Å². The number of quaternary nitrogens is 1. The van der Waals surface area contributed by atoms with Crippen LogP contribution in [0.15, 0.2) is 65.6 Å². The highest BCUT2D eigenvalue weighted by Gasteiger charge is 2.31. The van der Waals surface area contributed by atoms with Crippen molar-refractivity contribution < 1.29 is 13.2 Å². The number of ether oxygens (including phenoxy) is 1. The first kappa shape index (κ1) is 23.7. The quantitative estimate of drug-likeness (QED) is 0.387. The zero-order chi connectivity index (χ0) is 23.7. The van der Waals surface area contributed by atoms with Crippen LogP contribution in [0.5, 0.6) is 5.75 Å². The highest BCUT2D eigenvalue weighted by Crippen LogP contribution is 2.38. The van der Waals surface area contributed by atoms with Crippen LogP contribution in [0.2, 0.25) is 0 Å². The Morgan fingerprint density at radius 3 is 2.42 bits per heavy atom. The van der Waals surface area contributed by atoms with Crippen LogP contribution in [-0.4, -0.2) is 35.2 Å². The number of methoxy groups -OCH3 is 1. The van der Waals surface area contributed by atoms with Gasteiger partial charge in [-0.1, -0.05) is 56.3 Å². The number of nitrogens with zero attached hydrogens (tertiary/aromatic N) is 1. The number of benzene rings is 3. The number of nitrogens with one attached hydrogen (secondary N) is 1. The molecule has 0 saturated carbocycles. The highest BCUT2D eigenvalue weighted by atomic mass is 32.2. The van der Waals surface area contributed by atoms with Gasteiger partial charge in [0.25, 0.3) is 0 Å². The van der Waals surface area contributed by atoms with Gasteiger partial charge in [0, 0.05) is 18.0 Å². The molecule has 3 aromatic carbocycles. The van der Waals surface area contributed by atoms with Gasteiger partial charge in [0.05, 0.1) is 25.1 Å². The molecule has 0 aliphatic carbocycles. The molecule has 4 rings (SSSR count). The number of hydroxylamine groups is 2. The minimum absolute atomic E-state index is 0.0888. The van der Waals surface area contributed by atoms with E-state index in [4.69, 9.17) is 4.74 Å². The van der Waals surface area contributed by atoms with Crippen LogP contribution in [0.1, 0.15) is 38.7 Å². The average Bonchev–Trinajstić information content (AvgIpc) is 2.82. The Labute approximate surface area is 196 Å². The Morgan fingerprint density at radius 2 is 1.70 bits per heavy atom. The van der Waals surface area contributed by atoms with Gasteiger partial charge in [-0.15, -0.1) is 0 Å². The first-order valence-electron chi connectivity index (χ1n) is 11.4. The predicted octanol–water partition coefficient (Wildman–Crippen LogP) is 5.09. The molecule has 3 aromatic rings. The maximum atomic E-state index is 13.5. The number of hydrogen-bond donors (Lipinski definition) is 1. The van der Waals surface area contributed by atoms with Crippen molar-refractivity contribution in [3.05, 3.63) is 71.4 Å². The van der Waals surface area contributed by atoms with E-state index < -0.39 is 20.1 Å². The summed E-state index contributed by atoms with van der Waals surface area (Å²) in [7, 11) is -2.31. The molecular weight excluding hydrogens is 436 g/mol. The largest absolute Gasteiger partial charge is 0.627 e. The minimum atomic E-state index is -3.82. The summed E-state index contributed by atoms with van der Waals surface area (Å²) < 4.78 is 34.2. The van der Waals surface area contributed by atoms with Gasteiger partial charge in [-0.05, 0) is 47.7 Å². The van der Waals surface area contributed by atoms with Gasteiger partial charge in [-0.25, -0.2) is 13.1 Å². The van der Waals surface area contributed by atoms with Gasteiger partial charge in [0.1, 0.15) is 0 Å². The van der Waals surface area contributed by atoms with Crippen molar-refractivity contribution in [3.63, 3.8) is 0 Å². The maximum Gasteiger partial charge on any atom is 0.240 e. The second-order valence-electron chi connectivity index (χ2n) is 9.47. The minimum Gasteiger partial charge on any atom is -0.627 e. The smallest absolute Gasteiger partial charge is 0.240 e. The van der Waals surface area contributed by atoms with Crippen LogP contribution < -0.4 is 14.1 Å². The fraction of sp³-hybridized carbons (Fsp3) is 0.385.